The maximum absolute atomic E-state index is 12.1. The molecule has 2 N–H and O–H groups in total. The highest BCUT2D eigenvalue weighted by molar-refractivity contribution is 7.13. The lowest BCUT2D eigenvalue weighted by Gasteiger charge is -2.04. The summed E-state index contributed by atoms with van der Waals surface area (Å²) in [6.07, 6.45) is 1.69. The highest BCUT2D eigenvalue weighted by Crippen LogP contribution is 2.23. The molecule has 1 amide bonds. The van der Waals surface area contributed by atoms with Crippen molar-refractivity contribution in [1.82, 2.24) is 19.9 Å². The Hall–Kier alpha value is -3.00. The smallest absolute Gasteiger partial charge is 0.328 e. The second-order valence-corrected chi connectivity index (χ2v) is 6.25. The molecule has 0 aliphatic carbocycles. The number of carbonyl (C=O) groups excluding carboxylic acids is 1. The predicted octanol–water partition coefficient (Wildman–Crippen LogP) is 1.17. The molecule has 0 radical (unpaired) electrons. The lowest BCUT2D eigenvalue weighted by Crippen LogP contribution is -2.39. The number of benzene rings is 1. The van der Waals surface area contributed by atoms with E-state index in [2.05, 4.69) is 15.3 Å². The number of thiazole rings is 1. The molecule has 0 fully saturated rings. The van der Waals surface area contributed by atoms with E-state index >= 15 is 0 Å². The topological polar surface area (TPSA) is 96.8 Å². The number of aromatic nitrogens is 3. The van der Waals surface area contributed by atoms with Gasteiger partial charge in [0.15, 0.2) is 0 Å². The van der Waals surface area contributed by atoms with Gasteiger partial charge < -0.3 is 10.3 Å². The lowest BCUT2D eigenvalue weighted by atomic mass is 10.2. The van der Waals surface area contributed by atoms with Crippen molar-refractivity contribution in [2.45, 2.75) is 6.42 Å². The van der Waals surface area contributed by atoms with Crippen molar-refractivity contribution >= 4 is 17.2 Å². The van der Waals surface area contributed by atoms with Gasteiger partial charge in [-0.1, -0.05) is 30.3 Å². The van der Waals surface area contributed by atoms with Gasteiger partial charge >= 0.3 is 5.69 Å². The number of amides is 1. The van der Waals surface area contributed by atoms with Gasteiger partial charge in [0.25, 0.3) is 11.5 Å². The first kappa shape index (κ1) is 16.8. The van der Waals surface area contributed by atoms with Crippen LogP contribution in [0, 0.1) is 0 Å². The summed E-state index contributed by atoms with van der Waals surface area (Å²) in [5, 5.41) is 5.55. The molecule has 0 spiro atoms. The van der Waals surface area contributed by atoms with Crippen molar-refractivity contribution in [2.24, 2.45) is 7.05 Å². The molecule has 3 rings (SSSR count). The average molecular weight is 356 g/mol. The molecule has 2 aromatic heterocycles. The number of hydrogen-bond donors (Lipinski definition) is 2. The first-order chi connectivity index (χ1) is 12.1. The molecule has 3 aromatic rings. The van der Waals surface area contributed by atoms with Gasteiger partial charge in [-0.15, -0.1) is 11.3 Å². The van der Waals surface area contributed by atoms with Gasteiger partial charge in [-0.05, 0) is 0 Å². The Labute approximate surface area is 147 Å². The third-order valence-electron chi connectivity index (χ3n) is 3.66. The number of carbonyl (C=O) groups is 1. The Morgan fingerprint density at radius 2 is 2.04 bits per heavy atom. The van der Waals surface area contributed by atoms with E-state index in [9.17, 15) is 14.4 Å². The molecule has 8 heteroatoms. The first-order valence-corrected chi connectivity index (χ1v) is 8.51. The van der Waals surface area contributed by atoms with E-state index in [1.165, 1.54) is 7.05 Å². The predicted molar refractivity (Wildman–Crippen MR) is 95.9 cm³/mol. The summed E-state index contributed by atoms with van der Waals surface area (Å²) in [6.45, 7) is 0.346. The summed E-state index contributed by atoms with van der Waals surface area (Å²) in [5.74, 6) is -0.518. The molecule has 0 saturated heterocycles. The minimum Gasteiger partial charge on any atom is -0.351 e. The van der Waals surface area contributed by atoms with Gasteiger partial charge in [0.2, 0.25) is 0 Å². The van der Waals surface area contributed by atoms with Crippen molar-refractivity contribution in [2.75, 3.05) is 6.54 Å². The van der Waals surface area contributed by atoms with Gasteiger partial charge in [0, 0.05) is 37.2 Å². The van der Waals surface area contributed by atoms with E-state index in [1.807, 2.05) is 35.7 Å². The fourth-order valence-electron chi connectivity index (χ4n) is 2.26. The number of hydrogen-bond acceptors (Lipinski definition) is 5. The molecular weight excluding hydrogens is 340 g/mol. The van der Waals surface area contributed by atoms with Crippen LogP contribution < -0.4 is 16.6 Å². The molecule has 25 heavy (non-hydrogen) atoms. The molecule has 0 bridgehead atoms. The number of rotatable bonds is 5. The molecule has 0 atom stereocenters. The van der Waals surface area contributed by atoms with E-state index in [1.54, 1.807) is 11.3 Å². The third kappa shape index (κ3) is 3.74. The summed E-state index contributed by atoms with van der Waals surface area (Å²) >= 11 is 1.55. The Bertz CT molecular complexity index is 1000. The second-order valence-electron chi connectivity index (χ2n) is 5.39. The molecule has 128 valence electrons. The molecular formula is C17H16N4O3S. The van der Waals surface area contributed by atoms with Crippen molar-refractivity contribution in [3.05, 3.63) is 74.0 Å². The molecule has 7 nitrogen and oxygen atoms in total. The maximum Gasteiger partial charge on any atom is 0.328 e. The Morgan fingerprint density at radius 1 is 1.28 bits per heavy atom. The van der Waals surface area contributed by atoms with Crippen molar-refractivity contribution in [3.8, 4) is 10.6 Å². The zero-order chi connectivity index (χ0) is 17.8. The van der Waals surface area contributed by atoms with Gasteiger partial charge in [0.1, 0.15) is 10.6 Å². The standard InChI is InChI=1S/C17H16N4O3S/c1-21-16(23)13(9-19-17(21)24)14(22)18-8-7-12-10-25-15(20-12)11-5-3-2-4-6-11/h2-6,9-10H,7-8H2,1H3,(H,18,22)(H,19,24). The average Bonchev–Trinajstić information content (AvgIpc) is 3.09. The third-order valence-corrected chi connectivity index (χ3v) is 4.60. The summed E-state index contributed by atoms with van der Waals surface area (Å²) in [4.78, 5) is 42.2. The summed E-state index contributed by atoms with van der Waals surface area (Å²) in [7, 11) is 1.32. The first-order valence-electron chi connectivity index (χ1n) is 7.63. The lowest BCUT2D eigenvalue weighted by molar-refractivity contribution is 0.0951. The normalized spacial score (nSPS) is 10.6. The van der Waals surface area contributed by atoms with Crippen LogP contribution in [0.15, 0.2) is 51.5 Å². The Balaban J connectivity index is 1.61. The highest BCUT2D eigenvalue weighted by atomic mass is 32.1. The molecule has 0 aliphatic heterocycles. The monoisotopic (exact) mass is 356 g/mol. The summed E-state index contributed by atoms with van der Waals surface area (Å²) in [5.41, 5.74) is 0.655. The molecule has 2 heterocycles. The molecule has 0 unspecified atom stereocenters. The van der Waals surface area contributed by atoms with Gasteiger partial charge in [-0.2, -0.15) is 0 Å². The van der Waals surface area contributed by atoms with Crippen LogP contribution in [0.25, 0.3) is 10.6 Å². The number of nitrogens with zero attached hydrogens (tertiary/aromatic N) is 2. The quantitative estimate of drug-likeness (QED) is 0.717. The minimum absolute atomic E-state index is 0.0923. The van der Waals surface area contributed by atoms with Crippen molar-refractivity contribution in [3.63, 3.8) is 0 Å². The van der Waals surface area contributed by atoms with E-state index in [-0.39, 0.29) is 5.56 Å². The Morgan fingerprint density at radius 3 is 2.80 bits per heavy atom. The van der Waals surface area contributed by atoms with Crippen LogP contribution in [-0.4, -0.2) is 27.0 Å². The summed E-state index contributed by atoms with van der Waals surface area (Å²) < 4.78 is 0.863. The van der Waals surface area contributed by atoms with Crippen molar-refractivity contribution < 1.29 is 4.79 Å². The van der Waals surface area contributed by atoms with E-state index in [4.69, 9.17) is 0 Å². The molecule has 0 saturated carbocycles. The van der Waals surface area contributed by atoms with Crippen LogP contribution in [0.5, 0.6) is 0 Å². The van der Waals surface area contributed by atoms with Crippen LogP contribution in [0.4, 0.5) is 0 Å². The van der Waals surface area contributed by atoms with Crippen LogP contribution in [0.2, 0.25) is 0 Å². The highest BCUT2D eigenvalue weighted by Gasteiger charge is 2.13. The van der Waals surface area contributed by atoms with Crippen LogP contribution in [0.1, 0.15) is 16.1 Å². The number of nitrogens with one attached hydrogen (secondary N) is 2. The van der Waals surface area contributed by atoms with E-state index in [0.29, 0.717) is 13.0 Å². The number of aromatic amines is 1. The van der Waals surface area contributed by atoms with Gasteiger partial charge in [-0.3, -0.25) is 14.2 Å². The van der Waals surface area contributed by atoms with Gasteiger partial charge in [0.05, 0.1) is 5.69 Å². The zero-order valence-electron chi connectivity index (χ0n) is 13.5. The Kier molecular flexibility index (Phi) is 4.90. The van der Waals surface area contributed by atoms with Gasteiger partial charge in [-0.25, -0.2) is 9.78 Å². The molecule has 0 aliphatic rings. The fraction of sp³-hybridized carbons (Fsp3) is 0.176. The van der Waals surface area contributed by atoms with Crippen LogP contribution in [-0.2, 0) is 13.5 Å². The maximum atomic E-state index is 12.1. The molecule has 1 aromatic carbocycles. The summed E-state index contributed by atoms with van der Waals surface area (Å²) in [6, 6.07) is 9.87. The zero-order valence-corrected chi connectivity index (χ0v) is 14.3. The van der Waals surface area contributed by atoms with Crippen LogP contribution >= 0.6 is 11.3 Å². The van der Waals surface area contributed by atoms with Crippen LogP contribution in [0.3, 0.4) is 0 Å². The number of H-pyrrole nitrogens is 1. The minimum atomic E-state index is -0.624. The largest absolute Gasteiger partial charge is 0.351 e. The van der Waals surface area contributed by atoms with Crippen molar-refractivity contribution in [1.29, 1.82) is 0 Å². The fourth-order valence-corrected chi connectivity index (χ4v) is 3.12. The van der Waals surface area contributed by atoms with E-state index < -0.39 is 17.2 Å². The SMILES string of the molecule is Cn1c(=O)[nH]cc(C(=O)NCCc2csc(-c3ccccc3)n2)c1=O. The van der Waals surface area contributed by atoms with E-state index in [0.717, 1.165) is 27.0 Å². The second kappa shape index (κ2) is 7.27.